The summed E-state index contributed by atoms with van der Waals surface area (Å²) in [6.07, 6.45) is 19.1. The third-order valence-electron chi connectivity index (χ3n) is 7.02. The van der Waals surface area contributed by atoms with E-state index in [9.17, 15) is 0 Å². The average molecular weight is 401 g/mol. The van der Waals surface area contributed by atoms with Gasteiger partial charge in [-0.15, -0.1) is 13.2 Å². The minimum atomic E-state index is 0.581. The molecule has 0 radical (unpaired) electrons. The molecule has 0 spiro atoms. The maximum absolute atomic E-state index is 3.00. The van der Waals surface area contributed by atoms with Crippen LogP contribution in [0.2, 0.25) is 0 Å². The zero-order chi connectivity index (χ0) is 22.4. The first-order valence-electron chi connectivity index (χ1n) is 12.3. The monoisotopic (exact) mass is 400 g/mol. The van der Waals surface area contributed by atoms with E-state index < -0.39 is 0 Å². The molecule has 0 N–H and O–H groups in total. The van der Waals surface area contributed by atoms with Gasteiger partial charge in [-0.3, -0.25) is 0 Å². The Morgan fingerprint density at radius 1 is 0.793 bits per heavy atom. The molecular weight excluding hydrogens is 348 g/mol. The van der Waals surface area contributed by atoms with Gasteiger partial charge in [0.1, 0.15) is 0 Å². The van der Waals surface area contributed by atoms with Gasteiger partial charge < -0.3 is 0 Å². The first-order valence-corrected chi connectivity index (χ1v) is 12.3. The molecule has 0 heterocycles. The summed E-state index contributed by atoms with van der Waals surface area (Å²) in [4.78, 5) is 0. The molecule has 1 rings (SSSR count). The van der Waals surface area contributed by atoms with Crippen molar-refractivity contribution in [2.45, 2.75) is 100 Å². The molecule has 0 nitrogen and oxygen atoms in total. The summed E-state index contributed by atoms with van der Waals surface area (Å²) in [7, 11) is 0. The second kappa shape index (κ2) is 15.8. The minimum Gasteiger partial charge on any atom is -0.106 e. The van der Waals surface area contributed by atoms with Crippen molar-refractivity contribution in [3.05, 3.63) is 48.6 Å². The van der Waals surface area contributed by atoms with Crippen LogP contribution in [-0.4, -0.2) is 0 Å². The van der Waals surface area contributed by atoms with Crippen LogP contribution in [0.5, 0.6) is 0 Å². The average Bonchev–Trinajstić information content (AvgIpc) is 2.74. The summed E-state index contributed by atoms with van der Waals surface area (Å²) in [5.74, 6) is 4.50. The molecule has 0 amide bonds. The molecule has 168 valence electrons. The van der Waals surface area contributed by atoms with Crippen molar-refractivity contribution in [1.82, 2.24) is 0 Å². The van der Waals surface area contributed by atoms with Gasteiger partial charge in [0, 0.05) is 0 Å². The van der Waals surface area contributed by atoms with Crippen molar-refractivity contribution in [3.8, 4) is 0 Å². The third-order valence-corrected chi connectivity index (χ3v) is 7.02. The lowest BCUT2D eigenvalue weighted by Gasteiger charge is -2.23. The first kappa shape index (κ1) is 28.0. The van der Waals surface area contributed by atoms with Crippen LogP contribution in [0.1, 0.15) is 100 Å². The van der Waals surface area contributed by atoms with Gasteiger partial charge in [0.15, 0.2) is 0 Å². The number of hydrogen-bond acceptors (Lipinski definition) is 0. The smallest absolute Gasteiger partial charge is 0.00483 e. The Balaban J connectivity index is 0.00000379. The van der Waals surface area contributed by atoms with Crippen molar-refractivity contribution < 1.29 is 0 Å². The van der Waals surface area contributed by atoms with E-state index in [4.69, 9.17) is 0 Å². The van der Waals surface area contributed by atoms with E-state index in [0.717, 1.165) is 23.7 Å². The molecule has 0 bridgehead atoms. The molecule has 0 saturated heterocycles. The quantitative estimate of drug-likeness (QED) is 0.286. The normalized spacial score (nSPS) is 19.6. The van der Waals surface area contributed by atoms with E-state index in [0.29, 0.717) is 11.8 Å². The fourth-order valence-electron chi connectivity index (χ4n) is 3.90. The van der Waals surface area contributed by atoms with E-state index >= 15 is 0 Å². The summed E-state index contributed by atoms with van der Waals surface area (Å²) >= 11 is 0. The van der Waals surface area contributed by atoms with Crippen molar-refractivity contribution in [1.29, 1.82) is 0 Å². The summed E-state index contributed by atoms with van der Waals surface area (Å²) in [6, 6.07) is 0. The lowest BCUT2D eigenvalue weighted by molar-refractivity contribution is 0.369. The topological polar surface area (TPSA) is 0 Å². The molecule has 0 aromatic carbocycles. The number of allylic oxidation sites excluding steroid dienone is 6. The summed E-state index contributed by atoms with van der Waals surface area (Å²) in [5, 5.41) is 0. The highest BCUT2D eigenvalue weighted by atomic mass is 14.2. The lowest BCUT2D eigenvalue weighted by Crippen LogP contribution is -2.09. The first-order chi connectivity index (χ1) is 13.7. The van der Waals surface area contributed by atoms with Crippen molar-refractivity contribution in [2.75, 3.05) is 0 Å². The van der Waals surface area contributed by atoms with Crippen molar-refractivity contribution >= 4 is 0 Å². The Bertz CT molecular complexity index is 504. The highest BCUT2D eigenvalue weighted by Gasteiger charge is 2.16. The molecule has 29 heavy (non-hydrogen) atoms. The van der Waals surface area contributed by atoms with Crippen LogP contribution in [0.4, 0.5) is 0 Å². The summed E-state index contributed by atoms with van der Waals surface area (Å²) in [5.41, 5.74) is 3.29. The summed E-state index contributed by atoms with van der Waals surface area (Å²) < 4.78 is 0. The second-order valence-corrected chi connectivity index (χ2v) is 9.96. The molecule has 1 aliphatic rings. The van der Waals surface area contributed by atoms with E-state index in [-0.39, 0.29) is 0 Å². The van der Waals surface area contributed by atoms with E-state index in [2.05, 4.69) is 92.9 Å². The van der Waals surface area contributed by atoms with Crippen LogP contribution in [0.25, 0.3) is 0 Å². The molecule has 0 heteroatoms. The van der Waals surface area contributed by atoms with E-state index in [1.54, 1.807) is 11.1 Å². The van der Waals surface area contributed by atoms with Gasteiger partial charge in [0.25, 0.3) is 0 Å². The van der Waals surface area contributed by atoms with Gasteiger partial charge in [-0.05, 0) is 61.2 Å². The second-order valence-electron chi connectivity index (χ2n) is 9.96. The van der Waals surface area contributed by atoms with Crippen LogP contribution < -0.4 is 0 Å². The third kappa shape index (κ3) is 11.7. The molecule has 1 aliphatic carbocycles. The zero-order valence-electron chi connectivity index (χ0n) is 21.1. The van der Waals surface area contributed by atoms with Gasteiger partial charge in [-0.25, -0.2) is 0 Å². The summed E-state index contributed by atoms with van der Waals surface area (Å²) in [6.45, 7) is 25.0. The Hall–Kier alpha value is -1.04. The van der Waals surface area contributed by atoms with E-state index in [1.165, 1.54) is 44.9 Å². The van der Waals surface area contributed by atoms with Gasteiger partial charge in [-0.1, -0.05) is 110 Å². The maximum atomic E-state index is 3.00. The van der Waals surface area contributed by atoms with Crippen LogP contribution >= 0.6 is 0 Å². The predicted molar refractivity (Wildman–Crippen MR) is 135 cm³/mol. The molecule has 5 atom stereocenters. The van der Waals surface area contributed by atoms with Gasteiger partial charge in [0.2, 0.25) is 0 Å². The van der Waals surface area contributed by atoms with Crippen LogP contribution in [0.15, 0.2) is 48.6 Å². The molecule has 0 fully saturated rings. The van der Waals surface area contributed by atoms with Crippen molar-refractivity contribution in [3.63, 3.8) is 0 Å². The molecular formula is C29H52. The Morgan fingerprint density at radius 2 is 1.38 bits per heavy atom. The lowest BCUT2D eigenvalue weighted by atomic mass is 9.82. The minimum absolute atomic E-state index is 0.581. The highest BCUT2D eigenvalue weighted by molar-refractivity contribution is 5.28. The Kier molecular flexibility index (Phi) is 15.2. The fourth-order valence-corrected chi connectivity index (χ4v) is 3.90. The molecule has 0 aliphatic heterocycles. The Labute approximate surface area is 184 Å². The molecule has 5 unspecified atom stereocenters. The predicted octanol–water partition coefficient (Wildman–Crippen LogP) is 9.80. The zero-order valence-corrected chi connectivity index (χ0v) is 21.1. The number of rotatable bonds is 12. The molecule has 0 saturated carbocycles. The van der Waals surface area contributed by atoms with Crippen LogP contribution in [-0.2, 0) is 0 Å². The van der Waals surface area contributed by atoms with Gasteiger partial charge in [-0.2, -0.15) is 0 Å². The van der Waals surface area contributed by atoms with E-state index in [1.807, 2.05) is 0 Å². The van der Waals surface area contributed by atoms with Gasteiger partial charge >= 0.3 is 0 Å². The van der Waals surface area contributed by atoms with Gasteiger partial charge in [0.05, 0.1) is 0 Å². The maximum Gasteiger partial charge on any atom is -0.00483 e. The number of hydrogen-bond donors (Lipinski definition) is 0. The molecule has 0 aromatic rings. The fraction of sp³-hybridized carbons (Fsp3) is 0.724. The SMILES string of the molecule is C=C.CCC(C)CCC(C)C(C)/C=C\C(C)C1=CC=C(C(C)CCC(C)C)CC1. The Morgan fingerprint density at radius 3 is 1.90 bits per heavy atom. The highest BCUT2D eigenvalue weighted by Crippen LogP contribution is 2.31. The largest absolute Gasteiger partial charge is 0.106 e. The standard InChI is InChI=1S/C27H48.C2H4/c1-9-21(4)11-13-22(5)23(6)14-15-25(8)27-18-16-26(17-19-27)24(7)12-10-20(2)3;1-2/h14-16,18,20-25H,9-13,17,19H2,1-8H3;1-2H2/b15-14-;. The van der Waals surface area contributed by atoms with Crippen molar-refractivity contribution in [2.24, 2.45) is 35.5 Å². The van der Waals surface area contributed by atoms with Crippen LogP contribution in [0.3, 0.4) is 0 Å². The van der Waals surface area contributed by atoms with Crippen LogP contribution in [0, 0.1) is 35.5 Å². The molecule has 0 aromatic heterocycles.